The van der Waals surface area contributed by atoms with E-state index in [0.717, 1.165) is 11.9 Å². The standard InChI is InChI=1S/C4H4F3NOS/c5-4(6,7)9-3-1-8-10-2-3/h1,8H,2H2. The minimum absolute atomic E-state index is 0.0856. The molecule has 2 nitrogen and oxygen atoms in total. The van der Waals surface area contributed by atoms with Crippen LogP contribution in [-0.4, -0.2) is 12.1 Å². The van der Waals surface area contributed by atoms with Gasteiger partial charge in [0.05, 0.1) is 5.75 Å². The zero-order valence-electron chi connectivity index (χ0n) is 4.73. The third-order valence-electron chi connectivity index (χ3n) is 0.764. The molecule has 0 amide bonds. The average Bonchev–Trinajstić information content (AvgIpc) is 2.12. The van der Waals surface area contributed by atoms with Crippen LogP contribution < -0.4 is 4.72 Å². The number of alkyl halides is 3. The molecule has 1 heterocycles. The summed E-state index contributed by atoms with van der Waals surface area (Å²) in [5.74, 6) is 0.136. The summed E-state index contributed by atoms with van der Waals surface area (Å²) >= 11 is 1.16. The highest BCUT2D eigenvalue weighted by Crippen LogP contribution is 2.24. The first-order valence-electron chi connectivity index (χ1n) is 2.40. The fraction of sp³-hybridized carbons (Fsp3) is 0.500. The predicted octanol–water partition coefficient (Wildman–Crippen LogP) is 1.62. The molecule has 1 rings (SSSR count). The van der Waals surface area contributed by atoms with E-state index in [2.05, 4.69) is 9.46 Å². The molecule has 0 aromatic rings. The van der Waals surface area contributed by atoms with Gasteiger partial charge in [-0.1, -0.05) is 0 Å². The fourth-order valence-corrected chi connectivity index (χ4v) is 1.05. The summed E-state index contributed by atoms with van der Waals surface area (Å²) in [4.78, 5) is 0. The molecule has 0 aromatic carbocycles. The first-order valence-corrected chi connectivity index (χ1v) is 3.38. The number of rotatable bonds is 1. The molecular weight excluding hydrogens is 167 g/mol. The van der Waals surface area contributed by atoms with E-state index >= 15 is 0 Å². The van der Waals surface area contributed by atoms with Gasteiger partial charge in [-0.05, 0) is 11.9 Å². The molecule has 0 spiro atoms. The lowest BCUT2D eigenvalue weighted by Crippen LogP contribution is -2.12. The molecule has 0 aliphatic carbocycles. The Bertz CT molecular complexity index is 155. The summed E-state index contributed by atoms with van der Waals surface area (Å²) in [6.07, 6.45) is -3.36. The van der Waals surface area contributed by atoms with Crippen molar-refractivity contribution in [1.82, 2.24) is 4.72 Å². The quantitative estimate of drug-likeness (QED) is 0.605. The van der Waals surface area contributed by atoms with Crippen LogP contribution in [0.2, 0.25) is 0 Å². The molecule has 0 atom stereocenters. The Morgan fingerprint density at radius 1 is 1.60 bits per heavy atom. The van der Waals surface area contributed by atoms with Crippen molar-refractivity contribution in [1.29, 1.82) is 0 Å². The topological polar surface area (TPSA) is 21.3 Å². The highest BCUT2D eigenvalue weighted by Gasteiger charge is 2.32. The van der Waals surface area contributed by atoms with Gasteiger partial charge < -0.3 is 9.46 Å². The van der Waals surface area contributed by atoms with Gasteiger partial charge in [-0.25, -0.2) is 0 Å². The van der Waals surface area contributed by atoms with Crippen LogP contribution in [0.5, 0.6) is 0 Å². The molecule has 0 fully saturated rings. The van der Waals surface area contributed by atoms with Crippen molar-refractivity contribution in [3.8, 4) is 0 Å². The van der Waals surface area contributed by atoms with Crippen molar-refractivity contribution < 1.29 is 17.9 Å². The summed E-state index contributed by atoms with van der Waals surface area (Å²) < 4.78 is 40.3. The first kappa shape index (κ1) is 7.59. The van der Waals surface area contributed by atoms with Crippen molar-refractivity contribution in [3.63, 3.8) is 0 Å². The van der Waals surface area contributed by atoms with Crippen molar-refractivity contribution >= 4 is 11.9 Å². The number of ether oxygens (including phenoxy) is 1. The van der Waals surface area contributed by atoms with E-state index in [1.54, 1.807) is 0 Å². The van der Waals surface area contributed by atoms with Gasteiger partial charge in [-0.15, -0.1) is 13.2 Å². The van der Waals surface area contributed by atoms with Crippen molar-refractivity contribution in [2.75, 3.05) is 5.75 Å². The van der Waals surface area contributed by atoms with Crippen LogP contribution >= 0.6 is 11.9 Å². The summed E-state index contributed by atoms with van der Waals surface area (Å²) in [7, 11) is 0. The second-order valence-electron chi connectivity index (χ2n) is 1.56. The maximum atomic E-state index is 11.4. The highest BCUT2D eigenvalue weighted by atomic mass is 32.2. The van der Waals surface area contributed by atoms with E-state index in [-0.39, 0.29) is 11.5 Å². The average molecular weight is 171 g/mol. The molecule has 58 valence electrons. The lowest BCUT2D eigenvalue weighted by atomic mass is 10.6. The Balaban J connectivity index is 2.38. The fourth-order valence-electron chi connectivity index (χ4n) is 0.469. The van der Waals surface area contributed by atoms with Gasteiger partial charge in [0.1, 0.15) is 5.76 Å². The van der Waals surface area contributed by atoms with Gasteiger partial charge in [0, 0.05) is 6.20 Å². The summed E-state index contributed by atoms with van der Waals surface area (Å²) in [5, 5.41) is 0. The van der Waals surface area contributed by atoms with Gasteiger partial charge >= 0.3 is 6.36 Å². The molecule has 10 heavy (non-hydrogen) atoms. The number of nitrogens with one attached hydrogen (secondary N) is 1. The number of halogens is 3. The lowest BCUT2D eigenvalue weighted by Gasteiger charge is -2.06. The number of hydrogen-bond acceptors (Lipinski definition) is 3. The van der Waals surface area contributed by atoms with Crippen LogP contribution in [0.25, 0.3) is 0 Å². The molecule has 6 heteroatoms. The van der Waals surface area contributed by atoms with Crippen molar-refractivity contribution in [2.24, 2.45) is 0 Å². The van der Waals surface area contributed by atoms with Crippen LogP contribution in [-0.2, 0) is 4.74 Å². The van der Waals surface area contributed by atoms with Crippen molar-refractivity contribution in [3.05, 3.63) is 12.0 Å². The Labute approximate surface area is 59.6 Å². The monoisotopic (exact) mass is 171 g/mol. The Kier molecular flexibility index (Phi) is 1.98. The second kappa shape index (κ2) is 2.61. The minimum atomic E-state index is -4.56. The van der Waals surface area contributed by atoms with Gasteiger partial charge in [0.15, 0.2) is 0 Å². The highest BCUT2D eigenvalue weighted by molar-refractivity contribution is 7.97. The SMILES string of the molecule is FC(F)(F)OC1=CNSC1. The maximum absolute atomic E-state index is 11.4. The normalized spacial score (nSPS) is 18.1. The van der Waals surface area contributed by atoms with Gasteiger partial charge in [-0.2, -0.15) is 0 Å². The van der Waals surface area contributed by atoms with Gasteiger partial charge in [0.25, 0.3) is 0 Å². The second-order valence-corrected chi connectivity index (χ2v) is 2.38. The summed E-state index contributed by atoms with van der Waals surface area (Å²) in [5.41, 5.74) is 0. The number of hydrogen-bond donors (Lipinski definition) is 1. The molecule has 0 aromatic heterocycles. The lowest BCUT2D eigenvalue weighted by molar-refractivity contribution is -0.304. The van der Waals surface area contributed by atoms with Crippen LogP contribution in [0, 0.1) is 0 Å². The molecule has 0 unspecified atom stereocenters. The molecule has 0 bridgehead atoms. The van der Waals surface area contributed by atoms with Gasteiger partial charge in [0.2, 0.25) is 0 Å². The third kappa shape index (κ3) is 2.38. The molecule has 0 saturated carbocycles. The molecule has 0 saturated heterocycles. The van der Waals surface area contributed by atoms with Crippen LogP contribution in [0.3, 0.4) is 0 Å². The van der Waals surface area contributed by atoms with Crippen LogP contribution in [0.1, 0.15) is 0 Å². The first-order chi connectivity index (χ1) is 4.58. The van der Waals surface area contributed by atoms with Gasteiger partial charge in [-0.3, -0.25) is 0 Å². The Morgan fingerprint density at radius 2 is 2.30 bits per heavy atom. The van der Waals surface area contributed by atoms with E-state index in [4.69, 9.17) is 0 Å². The largest absolute Gasteiger partial charge is 0.572 e. The van der Waals surface area contributed by atoms with Crippen LogP contribution in [0.4, 0.5) is 13.2 Å². The molecule has 1 aliphatic rings. The van der Waals surface area contributed by atoms with E-state index in [9.17, 15) is 13.2 Å². The molecule has 1 aliphatic heterocycles. The Hall–Kier alpha value is -0.520. The van der Waals surface area contributed by atoms with E-state index < -0.39 is 6.36 Å². The summed E-state index contributed by atoms with van der Waals surface area (Å²) in [6.45, 7) is 0. The molecule has 1 N–H and O–H groups in total. The van der Waals surface area contributed by atoms with E-state index in [1.807, 2.05) is 0 Å². The maximum Gasteiger partial charge on any atom is 0.572 e. The van der Waals surface area contributed by atoms with Crippen LogP contribution in [0.15, 0.2) is 12.0 Å². The van der Waals surface area contributed by atoms with Crippen molar-refractivity contribution in [2.45, 2.75) is 6.36 Å². The summed E-state index contributed by atoms with van der Waals surface area (Å²) in [6, 6.07) is 0. The van der Waals surface area contributed by atoms with E-state index in [0.29, 0.717) is 0 Å². The third-order valence-corrected chi connectivity index (χ3v) is 1.48. The smallest absolute Gasteiger partial charge is 0.408 e. The Morgan fingerprint density at radius 3 is 2.70 bits per heavy atom. The minimum Gasteiger partial charge on any atom is -0.408 e. The molecular formula is C4H4F3NOS. The molecule has 0 radical (unpaired) electrons. The predicted molar refractivity (Wildman–Crippen MR) is 30.8 cm³/mol. The zero-order valence-corrected chi connectivity index (χ0v) is 5.55. The zero-order chi connectivity index (χ0) is 7.61. The van der Waals surface area contributed by atoms with E-state index in [1.165, 1.54) is 6.20 Å².